The number of likely N-dealkylation sites (tertiary alicyclic amines) is 1. The number of aromatic amines is 1. The number of carboxylic acids is 1. The highest BCUT2D eigenvalue weighted by Gasteiger charge is 2.35. The Morgan fingerprint density at radius 3 is 3.00 bits per heavy atom. The highest BCUT2D eigenvalue weighted by molar-refractivity contribution is 7.99. The number of hydrogen-bond donors (Lipinski definition) is 2. The molecule has 1 aromatic heterocycles. The summed E-state index contributed by atoms with van der Waals surface area (Å²) in [6.07, 6.45) is 3.64. The van der Waals surface area contributed by atoms with Crippen LogP contribution in [0.5, 0.6) is 0 Å². The fourth-order valence-electron chi connectivity index (χ4n) is 3.58. The highest BCUT2D eigenvalue weighted by atomic mass is 32.2. The van der Waals surface area contributed by atoms with Gasteiger partial charge in [0.1, 0.15) is 5.69 Å². The predicted molar refractivity (Wildman–Crippen MR) is 91.8 cm³/mol. The highest BCUT2D eigenvalue weighted by Crippen LogP contribution is 2.35. The molecule has 25 heavy (non-hydrogen) atoms. The van der Waals surface area contributed by atoms with Gasteiger partial charge < -0.3 is 10.0 Å². The molecule has 2 aromatic rings. The topological polar surface area (TPSA) is 99.2 Å². The van der Waals surface area contributed by atoms with E-state index in [0.717, 1.165) is 25.0 Å². The molecule has 130 valence electrons. The second-order valence-corrected chi connectivity index (χ2v) is 7.43. The molecule has 1 amide bonds. The van der Waals surface area contributed by atoms with Gasteiger partial charge in [0.2, 0.25) is 0 Å². The van der Waals surface area contributed by atoms with Crippen molar-refractivity contribution in [3.05, 3.63) is 40.7 Å². The Morgan fingerprint density at radius 2 is 2.16 bits per heavy atom. The van der Waals surface area contributed by atoms with Gasteiger partial charge in [-0.25, -0.2) is 4.79 Å². The molecule has 0 aliphatic carbocycles. The number of carbonyl (C=O) groups is 2. The van der Waals surface area contributed by atoms with E-state index in [4.69, 9.17) is 0 Å². The third-order valence-electron chi connectivity index (χ3n) is 4.76. The van der Waals surface area contributed by atoms with Gasteiger partial charge in [-0.1, -0.05) is 0 Å². The third kappa shape index (κ3) is 2.90. The number of benzene rings is 1. The molecule has 7 nitrogen and oxygen atoms in total. The predicted octanol–water partition coefficient (Wildman–Crippen LogP) is 2.52. The van der Waals surface area contributed by atoms with Crippen LogP contribution in [0.2, 0.25) is 0 Å². The molecule has 1 saturated heterocycles. The zero-order valence-corrected chi connectivity index (χ0v) is 14.4. The number of H-pyrrole nitrogens is 1. The first-order valence-electron chi connectivity index (χ1n) is 8.36. The van der Waals surface area contributed by atoms with Crippen LogP contribution in [0.3, 0.4) is 0 Å². The Balaban J connectivity index is 1.63. The number of nitrogens with zero attached hydrogens (tertiary/aromatic N) is 3. The molecule has 2 aliphatic heterocycles. The van der Waals surface area contributed by atoms with Crippen LogP contribution >= 0.6 is 11.8 Å². The maximum atomic E-state index is 13.0. The molecule has 1 fully saturated rings. The number of rotatable bonds is 3. The molecule has 2 aliphatic rings. The standard InChI is InChI=1S/C17H18N4O3S/c22-16(11-5-6-13-10(9-11)3-2-8-25-13)21-7-1-4-12(21)14-15(17(23)24)19-20-18-14/h5-6,9,12H,1-4,7-8H2,(H,23,24)(H,18,19,20). The van der Waals surface area contributed by atoms with E-state index in [1.165, 1.54) is 10.5 Å². The number of hydrogen-bond acceptors (Lipinski definition) is 5. The number of thioether (sulfide) groups is 1. The van der Waals surface area contributed by atoms with Gasteiger partial charge in [0, 0.05) is 17.0 Å². The van der Waals surface area contributed by atoms with Crippen LogP contribution in [0.15, 0.2) is 23.1 Å². The molecular weight excluding hydrogens is 340 g/mol. The SMILES string of the molecule is O=C(O)c1n[nH]nc1C1CCCN1C(=O)c1ccc2c(c1)CCCS2. The summed E-state index contributed by atoms with van der Waals surface area (Å²) in [6.45, 7) is 0.598. The quantitative estimate of drug-likeness (QED) is 0.875. The maximum absolute atomic E-state index is 13.0. The summed E-state index contributed by atoms with van der Waals surface area (Å²) >= 11 is 1.83. The average molecular weight is 358 g/mol. The molecule has 0 bridgehead atoms. The van der Waals surface area contributed by atoms with Crippen molar-refractivity contribution in [1.29, 1.82) is 0 Å². The van der Waals surface area contributed by atoms with Crippen LogP contribution in [0, 0.1) is 0 Å². The molecular formula is C17H18N4O3S. The summed E-state index contributed by atoms with van der Waals surface area (Å²) in [5.74, 6) is -0.0763. The molecule has 4 rings (SSSR count). The van der Waals surface area contributed by atoms with Crippen molar-refractivity contribution in [2.45, 2.75) is 36.6 Å². The van der Waals surface area contributed by atoms with Crippen molar-refractivity contribution in [1.82, 2.24) is 20.3 Å². The van der Waals surface area contributed by atoms with Gasteiger partial charge in [-0.05, 0) is 55.2 Å². The Morgan fingerprint density at radius 1 is 1.28 bits per heavy atom. The lowest BCUT2D eigenvalue weighted by atomic mass is 10.0. The number of nitrogens with one attached hydrogen (secondary N) is 1. The van der Waals surface area contributed by atoms with Gasteiger partial charge in [-0.3, -0.25) is 4.79 Å². The maximum Gasteiger partial charge on any atom is 0.358 e. The molecule has 2 N–H and O–H groups in total. The van der Waals surface area contributed by atoms with Crippen LogP contribution < -0.4 is 0 Å². The largest absolute Gasteiger partial charge is 0.476 e. The van der Waals surface area contributed by atoms with Crippen molar-refractivity contribution in [2.24, 2.45) is 0 Å². The first-order chi connectivity index (χ1) is 12.1. The van der Waals surface area contributed by atoms with Crippen molar-refractivity contribution in [3.63, 3.8) is 0 Å². The van der Waals surface area contributed by atoms with E-state index in [-0.39, 0.29) is 17.6 Å². The zero-order valence-electron chi connectivity index (χ0n) is 13.6. The second kappa shape index (κ2) is 6.51. The summed E-state index contributed by atoms with van der Waals surface area (Å²) in [5.41, 5.74) is 2.12. The Labute approximate surface area is 148 Å². The monoisotopic (exact) mass is 358 g/mol. The van der Waals surface area contributed by atoms with E-state index in [2.05, 4.69) is 15.4 Å². The average Bonchev–Trinajstić information content (AvgIpc) is 3.29. The fraction of sp³-hybridized carbons (Fsp3) is 0.412. The summed E-state index contributed by atoms with van der Waals surface area (Å²) in [5, 5.41) is 19.3. The minimum absolute atomic E-state index is 0.0692. The first kappa shape index (κ1) is 16.1. The van der Waals surface area contributed by atoms with Crippen LogP contribution in [-0.4, -0.2) is 49.6 Å². The van der Waals surface area contributed by atoms with E-state index in [1.807, 2.05) is 30.0 Å². The van der Waals surface area contributed by atoms with E-state index in [9.17, 15) is 14.7 Å². The number of aromatic nitrogens is 3. The molecule has 0 spiro atoms. The van der Waals surface area contributed by atoms with Crippen molar-refractivity contribution in [2.75, 3.05) is 12.3 Å². The minimum atomic E-state index is -1.13. The number of carboxylic acid groups (broad SMARTS) is 1. The van der Waals surface area contributed by atoms with Crippen LogP contribution in [0.1, 0.15) is 57.4 Å². The summed E-state index contributed by atoms with van der Waals surface area (Å²) < 4.78 is 0. The van der Waals surface area contributed by atoms with E-state index in [1.54, 1.807) is 4.90 Å². The Hall–Kier alpha value is -2.35. The van der Waals surface area contributed by atoms with Crippen molar-refractivity contribution >= 4 is 23.6 Å². The summed E-state index contributed by atoms with van der Waals surface area (Å²) in [7, 11) is 0. The zero-order chi connectivity index (χ0) is 17.4. The Kier molecular flexibility index (Phi) is 4.20. The Bertz CT molecular complexity index is 835. The van der Waals surface area contributed by atoms with Gasteiger partial charge >= 0.3 is 5.97 Å². The lowest BCUT2D eigenvalue weighted by Gasteiger charge is -2.24. The molecule has 0 radical (unpaired) electrons. The van der Waals surface area contributed by atoms with E-state index >= 15 is 0 Å². The van der Waals surface area contributed by atoms with Crippen molar-refractivity contribution < 1.29 is 14.7 Å². The van der Waals surface area contributed by atoms with Gasteiger partial charge in [-0.2, -0.15) is 10.3 Å². The molecule has 1 unspecified atom stereocenters. The number of carbonyl (C=O) groups excluding carboxylic acids is 1. The first-order valence-corrected chi connectivity index (χ1v) is 9.34. The molecule has 1 aromatic carbocycles. The fourth-order valence-corrected chi connectivity index (χ4v) is 4.60. The van der Waals surface area contributed by atoms with Gasteiger partial charge in [0.05, 0.1) is 6.04 Å². The number of fused-ring (bicyclic) bond motifs is 1. The van der Waals surface area contributed by atoms with Gasteiger partial charge in [0.25, 0.3) is 5.91 Å². The molecule has 0 saturated carbocycles. The number of amides is 1. The third-order valence-corrected chi connectivity index (χ3v) is 5.96. The van der Waals surface area contributed by atoms with E-state index < -0.39 is 5.97 Å². The normalized spacial score (nSPS) is 19.7. The van der Waals surface area contributed by atoms with Crippen LogP contribution in [0.25, 0.3) is 0 Å². The minimum Gasteiger partial charge on any atom is -0.476 e. The molecule has 1 atom stereocenters. The lowest BCUT2D eigenvalue weighted by molar-refractivity contribution is 0.0671. The van der Waals surface area contributed by atoms with Gasteiger partial charge in [-0.15, -0.1) is 16.9 Å². The number of aromatic carboxylic acids is 1. The lowest BCUT2D eigenvalue weighted by Crippen LogP contribution is -2.31. The molecule has 3 heterocycles. The van der Waals surface area contributed by atoms with Crippen LogP contribution in [0.4, 0.5) is 0 Å². The second-order valence-electron chi connectivity index (χ2n) is 6.29. The van der Waals surface area contributed by atoms with Gasteiger partial charge in [0.15, 0.2) is 5.69 Å². The van der Waals surface area contributed by atoms with E-state index in [0.29, 0.717) is 24.2 Å². The summed E-state index contributed by atoms with van der Waals surface area (Å²) in [4.78, 5) is 27.3. The van der Waals surface area contributed by atoms with Crippen molar-refractivity contribution in [3.8, 4) is 0 Å². The summed E-state index contributed by atoms with van der Waals surface area (Å²) in [6, 6.07) is 5.54. The number of aryl methyl sites for hydroxylation is 1. The smallest absolute Gasteiger partial charge is 0.358 e. The molecule has 8 heteroatoms. The van der Waals surface area contributed by atoms with Crippen LogP contribution in [-0.2, 0) is 6.42 Å².